The maximum Gasteiger partial charge on any atom is 0.182 e. The van der Waals surface area contributed by atoms with Gasteiger partial charge in [-0.25, -0.2) is 0 Å². The Bertz CT molecular complexity index is 936. The molecular formula is C27H37BrN2O2. The number of Topliss-reactive ketones (excluding diaryl/α,β-unsaturated/α-hetero) is 1. The number of phenolic OH excluding ortho intramolecular Hbond substituents is 1. The molecule has 1 atom stereocenters. The van der Waals surface area contributed by atoms with Gasteiger partial charge in [0.15, 0.2) is 5.78 Å². The van der Waals surface area contributed by atoms with E-state index in [9.17, 15) is 9.90 Å². The van der Waals surface area contributed by atoms with Crippen LogP contribution in [0, 0.1) is 11.3 Å². The third-order valence-electron chi connectivity index (χ3n) is 6.09. The lowest BCUT2D eigenvalue weighted by Crippen LogP contribution is -2.31. The minimum atomic E-state index is -0.276. The first-order valence-corrected chi connectivity index (χ1v) is 11.1. The van der Waals surface area contributed by atoms with E-state index in [2.05, 4.69) is 12.1 Å². The van der Waals surface area contributed by atoms with Crippen LogP contribution in [0.3, 0.4) is 0 Å². The van der Waals surface area contributed by atoms with Crippen LogP contribution in [0.2, 0.25) is 0 Å². The number of hydrogen-bond donors (Lipinski definition) is 2. The van der Waals surface area contributed by atoms with Crippen molar-refractivity contribution in [3.05, 3.63) is 64.7 Å². The summed E-state index contributed by atoms with van der Waals surface area (Å²) in [6, 6.07) is 14.0. The Kier molecular flexibility index (Phi) is 7.98. The van der Waals surface area contributed by atoms with Gasteiger partial charge in [0, 0.05) is 29.7 Å². The molecule has 5 heteroatoms. The van der Waals surface area contributed by atoms with Crippen LogP contribution in [0.15, 0.2) is 42.5 Å². The van der Waals surface area contributed by atoms with Crippen LogP contribution >= 0.6 is 17.0 Å². The summed E-state index contributed by atoms with van der Waals surface area (Å²) in [7, 11) is 0. The Labute approximate surface area is 203 Å². The number of rotatable bonds is 5. The number of carbonyl (C=O) groups excluding carboxylic acids is 1. The summed E-state index contributed by atoms with van der Waals surface area (Å²) in [5.74, 6) is 1.19. The topological polar surface area (TPSA) is 64.4 Å². The molecule has 174 valence electrons. The zero-order chi connectivity index (χ0) is 23.0. The molecule has 0 saturated carbocycles. The van der Waals surface area contributed by atoms with Crippen molar-refractivity contribution in [1.82, 2.24) is 4.90 Å². The molecule has 0 bridgehead atoms. The maximum absolute atomic E-state index is 13.3. The molecule has 1 unspecified atom stereocenters. The van der Waals surface area contributed by atoms with Gasteiger partial charge in [0.2, 0.25) is 0 Å². The van der Waals surface area contributed by atoms with Crippen LogP contribution < -0.4 is 0 Å². The highest BCUT2D eigenvalue weighted by Crippen LogP contribution is 2.40. The van der Waals surface area contributed by atoms with E-state index in [0.29, 0.717) is 23.7 Å². The Hall–Kier alpha value is -2.14. The Morgan fingerprint density at radius 1 is 1.03 bits per heavy atom. The molecule has 2 N–H and O–H groups in total. The highest BCUT2D eigenvalue weighted by Gasteiger charge is 2.31. The second-order valence-electron chi connectivity index (χ2n) is 10.9. The third-order valence-corrected chi connectivity index (χ3v) is 6.09. The fraction of sp³-hybridized carbons (Fsp3) is 0.481. The molecule has 0 amide bonds. The number of hydrogen-bond acceptors (Lipinski definition) is 3. The van der Waals surface area contributed by atoms with Crippen LogP contribution in [0.25, 0.3) is 0 Å². The number of halogens is 1. The van der Waals surface area contributed by atoms with Crippen molar-refractivity contribution in [1.29, 1.82) is 5.41 Å². The number of nitrogens with one attached hydrogen (secondary N) is 1. The number of aromatic hydroxyl groups is 1. The van der Waals surface area contributed by atoms with Gasteiger partial charge in [0.25, 0.3) is 0 Å². The largest absolute Gasteiger partial charge is 0.507 e. The molecule has 1 aliphatic heterocycles. The van der Waals surface area contributed by atoms with Crippen LogP contribution in [0.1, 0.15) is 75.0 Å². The number of phenols is 1. The molecule has 0 aliphatic carbocycles. The number of carbonyl (C=O) groups is 1. The van der Waals surface area contributed by atoms with E-state index in [1.165, 1.54) is 5.56 Å². The third kappa shape index (κ3) is 6.00. The fourth-order valence-electron chi connectivity index (χ4n) is 4.34. The molecule has 0 radical (unpaired) electrons. The number of nitrogens with zero attached hydrogens (tertiary/aromatic N) is 1. The van der Waals surface area contributed by atoms with E-state index >= 15 is 0 Å². The molecule has 1 aliphatic rings. The predicted octanol–water partition coefficient (Wildman–Crippen LogP) is 6.29. The van der Waals surface area contributed by atoms with Crippen LogP contribution in [-0.4, -0.2) is 34.7 Å². The van der Waals surface area contributed by atoms with E-state index in [1.807, 2.05) is 76.8 Å². The molecule has 2 aromatic rings. The van der Waals surface area contributed by atoms with Crippen molar-refractivity contribution < 1.29 is 9.90 Å². The molecule has 1 heterocycles. The van der Waals surface area contributed by atoms with Crippen molar-refractivity contribution in [3.63, 3.8) is 0 Å². The van der Waals surface area contributed by atoms with E-state index in [-0.39, 0.29) is 45.9 Å². The number of benzene rings is 2. The van der Waals surface area contributed by atoms with Crippen molar-refractivity contribution in [2.45, 2.75) is 65.2 Å². The Morgan fingerprint density at radius 3 is 2.06 bits per heavy atom. The molecule has 2 aromatic carbocycles. The van der Waals surface area contributed by atoms with Gasteiger partial charge in [0.1, 0.15) is 5.75 Å². The van der Waals surface area contributed by atoms with Crippen LogP contribution in [0.4, 0.5) is 0 Å². The van der Waals surface area contributed by atoms with Crippen LogP contribution in [-0.2, 0) is 17.3 Å². The quantitative estimate of drug-likeness (QED) is 0.474. The number of amidine groups is 1. The average Bonchev–Trinajstić information content (AvgIpc) is 2.99. The molecule has 4 nitrogen and oxygen atoms in total. The van der Waals surface area contributed by atoms with Crippen molar-refractivity contribution in [2.24, 2.45) is 5.92 Å². The van der Waals surface area contributed by atoms with Crippen molar-refractivity contribution in [3.8, 4) is 5.75 Å². The summed E-state index contributed by atoms with van der Waals surface area (Å²) in [6.45, 7) is 13.2. The Balaban J connectivity index is 0.00000363. The van der Waals surface area contributed by atoms with Crippen molar-refractivity contribution >= 4 is 28.6 Å². The van der Waals surface area contributed by atoms with Gasteiger partial charge in [-0.15, -0.1) is 17.0 Å². The number of ketones is 1. The maximum atomic E-state index is 13.3. The molecule has 3 rings (SSSR count). The van der Waals surface area contributed by atoms with Gasteiger partial charge < -0.3 is 10.0 Å². The Morgan fingerprint density at radius 2 is 1.56 bits per heavy atom. The molecule has 1 saturated heterocycles. The lowest BCUT2D eigenvalue weighted by atomic mass is 9.78. The van der Waals surface area contributed by atoms with Gasteiger partial charge >= 0.3 is 0 Å². The van der Waals surface area contributed by atoms with Crippen molar-refractivity contribution in [2.75, 3.05) is 13.1 Å². The predicted molar refractivity (Wildman–Crippen MR) is 138 cm³/mol. The lowest BCUT2D eigenvalue weighted by molar-refractivity contribution is 0.0963. The summed E-state index contributed by atoms with van der Waals surface area (Å²) >= 11 is 0. The fourth-order valence-corrected chi connectivity index (χ4v) is 4.34. The first kappa shape index (κ1) is 26.1. The average molecular weight is 502 g/mol. The summed E-state index contributed by atoms with van der Waals surface area (Å²) in [5.41, 5.74) is 2.93. The van der Waals surface area contributed by atoms with Gasteiger partial charge in [-0.3, -0.25) is 10.2 Å². The van der Waals surface area contributed by atoms with Crippen LogP contribution in [0.5, 0.6) is 5.75 Å². The van der Waals surface area contributed by atoms with Gasteiger partial charge in [-0.1, -0.05) is 71.9 Å². The zero-order valence-electron chi connectivity index (χ0n) is 20.2. The molecule has 32 heavy (non-hydrogen) atoms. The highest BCUT2D eigenvalue weighted by molar-refractivity contribution is 8.93. The molecule has 0 aromatic heterocycles. The minimum absolute atomic E-state index is 0. The highest BCUT2D eigenvalue weighted by atomic mass is 79.9. The lowest BCUT2D eigenvalue weighted by Gasteiger charge is -2.28. The molecule has 0 spiro atoms. The summed E-state index contributed by atoms with van der Waals surface area (Å²) in [4.78, 5) is 15.2. The van der Waals surface area contributed by atoms with Gasteiger partial charge in [-0.2, -0.15) is 0 Å². The molecular weight excluding hydrogens is 464 g/mol. The second-order valence-corrected chi connectivity index (χ2v) is 10.9. The standard InChI is InChI=1S/C27H36N2O2.BrH/c1-26(2,3)21-14-20(15-22(25(21)31)27(4,5)6)23(30)17-29-16-19(13-24(29)28)12-18-10-8-7-9-11-18;/h7-11,14-15,19,28,31H,12-13,16-17H2,1-6H3;1H. The van der Waals surface area contributed by atoms with Gasteiger partial charge in [0.05, 0.1) is 12.4 Å². The summed E-state index contributed by atoms with van der Waals surface area (Å²) < 4.78 is 0. The van der Waals surface area contributed by atoms with E-state index in [1.54, 1.807) is 0 Å². The van der Waals surface area contributed by atoms with E-state index in [4.69, 9.17) is 5.41 Å². The summed E-state index contributed by atoms with van der Waals surface area (Å²) in [6.07, 6.45) is 1.63. The molecule has 1 fully saturated rings. The normalized spacial score (nSPS) is 16.8. The minimum Gasteiger partial charge on any atom is -0.507 e. The monoisotopic (exact) mass is 500 g/mol. The van der Waals surface area contributed by atoms with E-state index < -0.39 is 0 Å². The van der Waals surface area contributed by atoms with Gasteiger partial charge in [-0.05, 0) is 40.9 Å². The number of likely N-dealkylation sites (tertiary alicyclic amines) is 1. The smallest absolute Gasteiger partial charge is 0.182 e. The second kappa shape index (κ2) is 9.78. The summed E-state index contributed by atoms with van der Waals surface area (Å²) in [5, 5.41) is 19.3. The first-order chi connectivity index (χ1) is 14.4. The van der Waals surface area contributed by atoms with E-state index in [0.717, 1.165) is 24.1 Å². The zero-order valence-corrected chi connectivity index (χ0v) is 21.9. The SMILES string of the molecule is Br.CC(C)(C)c1cc(C(=O)CN2CC(Cc3ccccc3)CC2=N)cc(C(C)(C)C)c1O. The first-order valence-electron chi connectivity index (χ1n) is 11.1.